The quantitative estimate of drug-likeness (QED) is 0.475. The lowest BCUT2D eigenvalue weighted by Gasteiger charge is -2.09. The molecule has 0 radical (unpaired) electrons. The van der Waals surface area contributed by atoms with Crippen molar-refractivity contribution in [2.45, 2.75) is 32.5 Å². The highest BCUT2D eigenvalue weighted by molar-refractivity contribution is 5.76. The van der Waals surface area contributed by atoms with Crippen molar-refractivity contribution in [2.75, 3.05) is 6.61 Å². The van der Waals surface area contributed by atoms with Gasteiger partial charge >= 0.3 is 12.1 Å². The maximum absolute atomic E-state index is 12.9. The summed E-state index contributed by atoms with van der Waals surface area (Å²) in [5, 5.41) is 4.07. The lowest BCUT2D eigenvalue weighted by atomic mass is 10.2. The van der Waals surface area contributed by atoms with E-state index in [1.807, 2.05) is 6.92 Å². The average Bonchev–Trinajstić information content (AvgIpc) is 3.08. The SMILES string of the molecule is CCCCOC(=O)Cn1cnc2c(cnn2-c2cccc(C(F)(F)F)c2)c1=O. The van der Waals surface area contributed by atoms with Gasteiger partial charge < -0.3 is 4.74 Å². The van der Waals surface area contributed by atoms with Gasteiger partial charge in [0, 0.05) is 0 Å². The molecular formula is C18H17F3N4O3. The summed E-state index contributed by atoms with van der Waals surface area (Å²) < 4.78 is 46.0. The standard InChI is InChI=1S/C18H17F3N4O3/c1-2-3-7-28-15(26)10-24-11-22-16-14(17(24)27)9-23-25(16)13-6-4-5-12(8-13)18(19,20)21/h4-6,8-9,11H,2-3,7,10H2,1H3. The molecule has 0 aliphatic carbocycles. The largest absolute Gasteiger partial charge is 0.464 e. The third kappa shape index (κ3) is 4.05. The minimum absolute atomic E-state index is 0.0845. The Morgan fingerprint density at radius 2 is 2.07 bits per heavy atom. The van der Waals surface area contributed by atoms with Crippen LogP contribution in [0.5, 0.6) is 0 Å². The predicted molar refractivity (Wildman–Crippen MR) is 94.0 cm³/mol. The van der Waals surface area contributed by atoms with Gasteiger partial charge in [0.2, 0.25) is 0 Å². The normalized spacial score (nSPS) is 11.7. The molecule has 0 amide bonds. The fraction of sp³-hybridized carbons (Fsp3) is 0.333. The van der Waals surface area contributed by atoms with Crippen molar-refractivity contribution >= 4 is 17.0 Å². The van der Waals surface area contributed by atoms with Crippen LogP contribution in [0.2, 0.25) is 0 Å². The average molecular weight is 394 g/mol. The number of fused-ring (bicyclic) bond motifs is 1. The highest BCUT2D eigenvalue weighted by atomic mass is 19.4. The van der Waals surface area contributed by atoms with E-state index in [1.165, 1.54) is 18.3 Å². The van der Waals surface area contributed by atoms with Crippen molar-refractivity contribution in [3.05, 3.63) is 52.7 Å². The van der Waals surface area contributed by atoms with E-state index < -0.39 is 23.3 Å². The van der Waals surface area contributed by atoms with E-state index in [9.17, 15) is 22.8 Å². The number of halogens is 3. The molecular weight excluding hydrogens is 377 g/mol. The molecule has 3 aromatic rings. The Balaban J connectivity index is 1.92. The number of hydrogen-bond donors (Lipinski definition) is 0. The lowest BCUT2D eigenvalue weighted by molar-refractivity contribution is -0.144. The van der Waals surface area contributed by atoms with Gasteiger partial charge in [-0.3, -0.25) is 14.2 Å². The zero-order valence-corrected chi connectivity index (χ0v) is 14.9. The number of carbonyl (C=O) groups excluding carboxylic acids is 1. The maximum atomic E-state index is 12.9. The summed E-state index contributed by atoms with van der Waals surface area (Å²) in [4.78, 5) is 28.4. The second kappa shape index (κ2) is 7.83. The third-order valence-electron chi connectivity index (χ3n) is 4.03. The van der Waals surface area contributed by atoms with E-state index in [1.54, 1.807) is 0 Å². The first-order valence-corrected chi connectivity index (χ1v) is 8.57. The van der Waals surface area contributed by atoms with Gasteiger partial charge in [-0.1, -0.05) is 19.4 Å². The van der Waals surface area contributed by atoms with Gasteiger partial charge in [-0.15, -0.1) is 0 Å². The van der Waals surface area contributed by atoms with Crippen LogP contribution >= 0.6 is 0 Å². The van der Waals surface area contributed by atoms with Crippen LogP contribution in [-0.4, -0.2) is 31.9 Å². The van der Waals surface area contributed by atoms with Crippen LogP contribution in [0.25, 0.3) is 16.7 Å². The van der Waals surface area contributed by atoms with Crippen LogP contribution in [0.3, 0.4) is 0 Å². The maximum Gasteiger partial charge on any atom is 0.416 e. The topological polar surface area (TPSA) is 79.0 Å². The van der Waals surface area contributed by atoms with Crippen LogP contribution in [0.4, 0.5) is 13.2 Å². The van der Waals surface area contributed by atoms with Gasteiger partial charge in [0.1, 0.15) is 18.3 Å². The number of carbonyl (C=O) groups is 1. The van der Waals surface area contributed by atoms with Gasteiger partial charge in [0.05, 0.1) is 24.1 Å². The highest BCUT2D eigenvalue weighted by Gasteiger charge is 2.30. The van der Waals surface area contributed by atoms with Gasteiger partial charge in [0.25, 0.3) is 5.56 Å². The van der Waals surface area contributed by atoms with E-state index in [2.05, 4.69) is 10.1 Å². The molecule has 0 fully saturated rings. The number of unbranched alkanes of at least 4 members (excludes halogenated alkanes) is 1. The van der Waals surface area contributed by atoms with E-state index >= 15 is 0 Å². The van der Waals surface area contributed by atoms with Crippen molar-refractivity contribution in [1.82, 2.24) is 19.3 Å². The van der Waals surface area contributed by atoms with Crippen LogP contribution < -0.4 is 5.56 Å². The first-order chi connectivity index (χ1) is 13.3. The molecule has 2 aromatic heterocycles. The van der Waals surface area contributed by atoms with Crippen molar-refractivity contribution in [2.24, 2.45) is 0 Å². The van der Waals surface area contributed by atoms with E-state index in [0.717, 1.165) is 40.6 Å². The fourth-order valence-corrected chi connectivity index (χ4v) is 2.58. The molecule has 2 heterocycles. The molecule has 1 aromatic carbocycles. The Bertz CT molecular complexity index is 1060. The molecule has 0 aliphatic heterocycles. The molecule has 10 heteroatoms. The number of alkyl halides is 3. The molecule has 0 N–H and O–H groups in total. The second-order valence-electron chi connectivity index (χ2n) is 6.09. The van der Waals surface area contributed by atoms with E-state index in [-0.39, 0.29) is 29.9 Å². The minimum Gasteiger partial charge on any atom is -0.464 e. The van der Waals surface area contributed by atoms with Gasteiger partial charge in [-0.25, -0.2) is 9.67 Å². The molecule has 148 valence electrons. The summed E-state index contributed by atoms with van der Waals surface area (Å²) in [7, 11) is 0. The molecule has 0 unspecified atom stereocenters. The van der Waals surface area contributed by atoms with Crippen molar-refractivity contribution in [3.8, 4) is 5.69 Å². The van der Waals surface area contributed by atoms with Crippen LogP contribution in [0, 0.1) is 0 Å². The summed E-state index contributed by atoms with van der Waals surface area (Å²) in [6, 6.07) is 4.55. The predicted octanol–water partition coefficient (Wildman–Crippen LogP) is 2.94. The number of rotatable bonds is 6. The number of benzene rings is 1. The zero-order chi connectivity index (χ0) is 20.3. The Morgan fingerprint density at radius 1 is 1.29 bits per heavy atom. The molecule has 0 saturated heterocycles. The fourth-order valence-electron chi connectivity index (χ4n) is 2.58. The van der Waals surface area contributed by atoms with Gasteiger partial charge in [-0.05, 0) is 24.6 Å². The van der Waals surface area contributed by atoms with Crippen LogP contribution in [0.1, 0.15) is 25.3 Å². The lowest BCUT2D eigenvalue weighted by Crippen LogP contribution is -2.25. The van der Waals surface area contributed by atoms with E-state index in [0.29, 0.717) is 0 Å². The van der Waals surface area contributed by atoms with Crippen LogP contribution in [-0.2, 0) is 22.3 Å². The first-order valence-electron chi connectivity index (χ1n) is 8.57. The zero-order valence-electron chi connectivity index (χ0n) is 14.9. The number of ether oxygens (including phenoxy) is 1. The second-order valence-corrected chi connectivity index (χ2v) is 6.09. The number of esters is 1. The van der Waals surface area contributed by atoms with Gasteiger partial charge in [-0.2, -0.15) is 18.3 Å². The molecule has 0 atom stereocenters. The summed E-state index contributed by atoms with van der Waals surface area (Å²) >= 11 is 0. The highest BCUT2D eigenvalue weighted by Crippen LogP contribution is 2.30. The molecule has 0 bridgehead atoms. The van der Waals surface area contributed by atoms with Crippen LogP contribution in [0.15, 0.2) is 41.6 Å². The van der Waals surface area contributed by atoms with E-state index in [4.69, 9.17) is 4.74 Å². The Hall–Kier alpha value is -3.17. The van der Waals surface area contributed by atoms with Crippen molar-refractivity contribution < 1.29 is 22.7 Å². The molecule has 28 heavy (non-hydrogen) atoms. The minimum atomic E-state index is -4.50. The number of nitrogens with zero attached hydrogens (tertiary/aromatic N) is 4. The molecule has 7 nitrogen and oxygen atoms in total. The monoisotopic (exact) mass is 394 g/mol. The summed E-state index contributed by atoms with van der Waals surface area (Å²) in [5.41, 5.74) is -1.15. The number of aromatic nitrogens is 4. The summed E-state index contributed by atoms with van der Waals surface area (Å²) in [5.74, 6) is -0.568. The smallest absolute Gasteiger partial charge is 0.416 e. The molecule has 0 saturated carbocycles. The van der Waals surface area contributed by atoms with Crippen molar-refractivity contribution in [1.29, 1.82) is 0 Å². The molecule has 0 aliphatic rings. The summed E-state index contributed by atoms with van der Waals surface area (Å²) in [6.45, 7) is 1.92. The van der Waals surface area contributed by atoms with Gasteiger partial charge in [0.15, 0.2) is 5.65 Å². The Labute approximate surface area is 157 Å². The third-order valence-corrected chi connectivity index (χ3v) is 4.03. The van der Waals surface area contributed by atoms with Crippen molar-refractivity contribution in [3.63, 3.8) is 0 Å². The Morgan fingerprint density at radius 3 is 2.79 bits per heavy atom. The number of hydrogen-bond acceptors (Lipinski definition) is 5. The summed E-state index contributed by atoms with van der Waals surface area (Å²) in [6.07, 6.45) is -0.546. The Kier molecular flexibility index (Phi) is 5.48. The molecule has 3 rings (SSSR count). The molecule has 0 spiro atoms. The first kappa shape index (κ1) is 19.6.